The number of aromatic nitrogens is 3. The van der Waals surface area contributed by atoms with Crippen molar-refractivity contribution in [2.75, 3.05) is 12.4 Å². The number of aromatic amines is 1. The first-order valence-corrected chi connectivity index (χ1v) is 7.72. The molecule has 0 saturated carbocycles. The molecule has 2 heterocycles. The number of H-pyrrole nitrogens is 1. The molecule has 1 amide bonds. The number of anilines is 1. The van der Waals surface area contributed by atoms with Crippen molar-refractivity contribution in [2.45, 2.75) is 13.8 Å². The van der Waals surface area contributed by atoms with Crippen LogP contribution in [-0.4, -0.2) is 28.2 Å². The summed E-state index contributed by atoms with van der Waals surface area (Å²) in [7, 11) is 1.47. The molecule has 2 aromatic heterocycles. The van der Waals surface area contributed by atoms with Crippen LogP contribution in [0, 0.1) is 19.7 Å². The third kappa shape index (κ3) is 3.13. The highest BCUT2D eigenvalue weighted by molar-refractivity contribution is 6.06. The molecule has 0 atom stereocenters. The molecule has 0 aliphatic rings. The molecule has 0 unspecified atom stereocenters. The fourth-order valence-electron chi connectivity index (χ4n) is 2.58. The SMILES string of the molecule is COc1cnc(C)c(NC(=O)/C(F)=C/c2ccc3cn[nH]c3c2F)c1C. The van der Waals surface area contributed by atoms with Gasteiger partial charge in [0.15, 0.2) is 11.6 Å². The maximum atomic E-state index is 14.3. The van der Waals surface area contributed by atoms with E-state index < -0.39 is 17.6 Å². The molecule has 0 aliphatic carbocycles. The number of rotatable bonds is 4. The second-order valence-corrected chi connectivity index (χ2v) is 5.66. The van der Waals surface area contributed by atoms with Crippen molar-refractivity contribution in [3.63, 3.8) is 0 Å². The van der Waals surface area contributed by atoms with Gasteiger partial charge in [0.25, 0.3) is 5.91 Å². The number of pyridine rings is 1. The largest absolute Gasteiger partial charge is 0.495 e. The maximum absolute atomic E-state index is 14.3. The summed E-state index contributed by atoms with van der Waals surface area (Å²) in [6.45, 7) is 3.39. The minimum Gasteiger partial charge on any atom is -0.495 e. The molecular formula is C18H16F2N4O2. The lowest BCUT2D eigenvalue weighted by molar-refractivity contribution is -0.114. The number of nitrogens with one attached hydrogen (secondary N) is 2. The van der Waals surface area contributed by atoms with Crippen LogP contribution in [-0.2, 0) is 4.79 Å². The number of amides is 1. The van der Waals surface area contributed by atoms with Gasteiger partial charge in [0, 0.05) is 16.5 Å². The summed E-state index contributed by atoms with van der Waals surface area (Å²) in [5, 5.41) is 9.24. The molecule has 8 heteroatoms. The minimum atomic E-state index is -1.13. The minimum absolute atomic E-state index is 0.0633. The molecule has 2 N–H and O–H groups in total. The Morgan fingerprint density at radius 3 is 2.81 bits per heavy atom. The first kappa shape index (κ1) is 17.5. The Balaban J connectivity index is 1.90. The molecule has 0 radical (unpaired) electrons. The molecule has 3 aromatic rings. The Kier molecular flexibility index (Phi) is 4.66. The number of hydrogen-bond donors (Lipinski definition) is 2. The summed E-state index contributed by atoms with van der Waals surface area (Å²) in [5.41, 5.74) is 1.56. The van der Waals surface area contributed by atoms with E-state index in [1.54, 1.807) is 19.9 Å². The molecule has 0 bridgehead atoms. The normalized spacial score (nSPS) is 11.7. The Morgan fingerprint density at radius 2 is 2.08 bits per heavy atom. The molecule has 3 rings (SSSR count). The van der Waals surface area contributed by atoms with Gasteiger partial charge in [-0.15, -0.1) is 0 Å². The van der Waals surface area contributed by atoms with E-state index in [0.717, 1.165) is 6.08 Å². The van der Waals surface area contributed by atoms with Crippen molar-refractivity contribution in [3.05, 3.63) is 53.0 Å². The Labute approximate surface area is 147 Å². The van der Waals surface area contributed by atoms with Gasteiger partial charge in [-0.05, 0) is 19.9 Å². The van der Waals surface area contributed by atoms with Crippen LogP contribution in [0.15, 0.2) is 30.4 Å². The van der Waals surface area contributed by atoms with Gasteiger partial charge in [0.2, 0.25) is 0 Å². The van der Waals surface area contributed by atoms with E-state index in [0.29, 0.717) is 28.1 Å². The van der Waals surface area contributed by atoms with E-state index >= 15 is 0 Å². The number of nitrogens with zero attached hydrogens (tertiary/aromatic N) is 2. The van der Waals surface area contributed by atoms with Gasteiger partial charge in [0.1, 0.15) is 11.3 Å². The zero-order chi connectivity index (χ0) is 18.8. The number of ether oxygens (including phenoxy) is 1. The summed E-state index contributed by atoms with van der Waals surface area (Å²) in [4.78, 5) is 16.3. The number of carbonyl (C=O) groups excluding carboxylic acids is 1. The number of carbonyl (C=O) groups is 1. The van der Waals surface area contributed by atoms with Crippen LogP contribution < -0.4 is 10.1 Å². The van der Waals surface area contributed by atoms with Gasteiger partial charge >= 0.3 is 0 Å². The molecule has 1 aromatic carbocycles. The summed E-state index contributed by atoms with van der Waals surface area (Å²) >= 11 is 0. The highest BCUT2D eigenvalue weighted by Crippen LogP contribution is 2.28. The number of benzene rings is 1. The lowest BCUT2D eigenvalue weighted by atomic mass is 10.1. The lowest BCUT2D eigenvalue weighted by Gasteiger charge is -2.13. The quantitative estimate of drug-likeness (QED) is 0.698. The van der Waals surface area contributed by atoms with Crippen LogP contribution in [0.1, 0.15) is 16.8 Å². The number of aryl methyl sites for hydroxylation is 1. The van der Waals surface area contributed by atoms with E-state index in [2.05, 4.69) is 20.5 Å². The van der Waals surface area contributed by atoms with Gasteiger partial charge < -0.3 is 10.1 Å². The molecule has 0 spiro atoms. The topological polar surface area (TPSA) is 79.9 Å². The fourth-order valence-corrected chi connectivity index (χ4v) is 2.58. The Hall–Kier alpha value is -3.29. The van der Waals surface area contributed by atoms with Crippen molar-refractivity contribution in [3.8, 4) is 5.75 Å². The van der Waals surface area contributed by atoms with Gasteiger partial charge in [-0.2, -0.15) is 5.10 Å². The van der Waals surface area contributed by atoms with Crippen LogP contribution in [0.2, 0.25) is 0 Å². The Morgan fingerprint density at radius 1 is 1.31 bits per heavy atom. The number of hydrogen-bond acceptors (Lipinski definition) is 4. The van der Waals surface area contributed by atoms with Crippen molar-refractivity contribution in [2.24, 2.45) is 0 Å². The van der Waals surface area contributed by atoms with Crippen molar-refractivity contribution in [1.29, 1.82) is 0 Å². The van der Waals surface area contributed by atoms with Crippen LogP contribution >= 0.6 is 0 Å². The Bertz CT molecular complexity index is 1030. The van der Waals surface area contributed by atoms with E-state index in [1.807, 2.05) is 0 Å². The first-order chi connectivity index (χ1) is 12.4. The third-order valence-corrected chi connectivity index (χ3v) is 4.02. The van der Waals surface area contributed by atoms with Gasteiger partial charge in [-0.25, -0.2) is 8.78 Å². The maximum Gasteiger partial charge on any atom is 0.284 e. The first-order valence-electron chi connectivity index (χ1n) is 7.72. The molecule has 0 saturated heterocycles. The molecule has 0 aliphatic heterocycles. The molecule has 134 valence electrons. The van der Waals surface area contributed by atoms with Crippen LogP contribution in [0.5, 0.6) is 5.75 Å². The second-order valence-electron chi connectivity index (χ2n) is 5.66. The van der Waals surface area contributed by atoms with Crippen molar-refractivity contribution in [1.82, 2.24) is 15.2 Å². The monoisotopic (exact) mass is 358 g/mol. The van der Waals surface area contributed by atoms with Gasteiger partial charge in [-0.3, -0.25) is 14.9 Å². The molecule has 6 nitrogen and oxygen atoms in total. The fraction of sp³-hybridized carbons (Fsp3) is 0.167. The van der Waals surface area contributed by atoms with E-state index in [-0.39, 0.29) is 11.1 Å². The van der Waals surface area contributed by atoms with Gasteiger partial charge in [0.05, 0.1) is 30.9 Å². The predicted molar refractivity (Wildman–Crippen MR) is 94.0 cm³/mol. The molecule has 0 fully saturated rings. The second kappa shape index (κ2) is 6.91. The predicted octanol–water partition coefficient (Wildman–Crippen LogP) is 3.67. The highest BCUT2D eigenvalue weighted by Gasteiger charge is 2.17. The zero-order valence-corrected chi connectivity index (χ0v) is 14.4. The van der Waals surface area contributed by atoms with E-state index in [4.69, 9.17) is 4.74 Å². The zero-order valence-electron chi connectivity index (χ0n) is 14.4. The number of fused-ring (bicyclic) bond motifs is 1. The van der Waals surface area contributed by atoms with Crippen LogP contribution in [0.25, 0.3) is 17.0 Å². The summed E-state index contributed by atoms with van der Waals surface area (Å²) in [6, 6.07) is 2.96. The molecule has 26 heavy (non-hydrogen) atoms. The number of halogens is 2. The van der Waals surface area contributed by atoms with Crippen molar-refractivity contribution >= 4 is 28.6 Å². The average Bonchev–Trinajstić information content (AvgIpc) is 3.10. The van der Waals surface area contributed by atoms with Gasteiger partial charge in [-0.1, -0.05) is 12.1 Å². The van der Waals surface area contributed by atoms with Crippen molar-refractivity contribution < 1.29 is 18.3 Å². The van der Waals surface area contributed by atoms with E-state index in [9.17, 15) is 13.6 Å². The highest BCUT2D eigenvalue weighted by atomic mass is 19.1. The standard InChI is InChI=1S/C18H16F2N4O2/c1-9-14(26-3)8-21-10(2)16(9)23-18(25)13(19)6-11-4-5-12-7-22-24-17(12)15(11)20/h4-8H,1-3H3,(H,22,24)(H,23,25)/b13-6-. The number of methoxy groups -OCH3 is 1. The van der Waals surface area contributed by atoms with E-state index in [1.165, 1.54) is 25.6 Å². The smallest absolute Gasteiger partial charge is 0.284 e. The summed E-state index contributed by atoms with van der Waals surface area (Å²) in [5.74, 6) is -2.36. The van der Waals surface area contributed by atoms with Crippen LogP contribution in [0.3, 0.4) is 0 Å². The average molecular weight is 358 g/mol. The summed E-state index contributed by atoms with van der Waals surface area (Å²) < 4.78 is 33.8. The lowest BCUT2D eigenvalue weighted by Crippen LogP contribution is -2.15. The van der Waals surface area contributed by atoms with Crippen LogP contribution in [0.4, 0.5) is 14.5 Å². The summed E-state index contributed by atoms with van der Waals surface area (Å²) in [6.07, 6.45) is 3.81. The third-order valence-electron chi connectivity index (χ3n) is 4.02. The molecular weight excluding hydrogens is 342 g/mol.